The molecular weight excluding hydrogens is 226 g/mol. The van der Waals surface area contributed by atoms with Gasteiger partial charge in [-0.2, -0.15) is 0 Å². The zero-order valence-corrected chi connectivity index (χ0v) is 12.2. The Morgan fingerprint density at radius 2 is 2.17 bits per heavy atom. The second kappa shape index (κ2) is 5.87. The first kappa shape index (κ1) is 14.3. The highest BCUT2D eigenvalue weighted by Gasteiger charge is 2.34. The zero-order valence-electron chi connectivity index (χ0n) is 12.2. The molecule has 2 rings (SSSR count). The number of hydrogen-bond acceptors (Lipinski definition) is 4. The fourth-order valence-electron chi connectivity index (χ4n) is 3.06. The van der Waals surface area contributed by atoms with E-state index in [0.29, 0.717) is 17.6 Å². The summed E-state index contributed by atoms with van der Waals surface area (Å²) in [6, 6.07) is 0.629. The van der Waals surface area contributed by atoms with E-state index in [1.807, 2.05) is 0 Å². The van der Waals surface area contributed by atoms with Crippen molar-refractivity contribution >= 4 is 0 Å². The van der Waals surface area contributed by atoms with Crippen molar-refractivity contribution in [3.05, 3.63) is 0 Å². The van der Waals surface area contributed by atoms with Crippen LogP contribution in [-0.4, -0.2) is 67.8 Å². The van der Waals surface area contributed by atoms with Crippen LogP contribution in [-0.2, 0) is 4.74 Å². The Morgan fingerprint density at radius 3 is 2.78 bits per heavy atom. The molecule has 4 nitrogen and oxygen atoms in total. The molecule has 0 amide bonds. The minimum Gasteiger partial charge on any atom is -0.374 e. The molecule has 2 N–H and O–H groups in total. The zero-order chi connectivity index (χ0) is 13.2. The van der Waals surface area contributed by atoms with E-state index in [1.54, 1.807) is 0 Å². The molecule has 4 heteroatoms. The van der Waals surface area contributed by atoms with Crippen LogP contribution in [0.15, 0.2) is 0 Å². The Labute approximate surface area is 111 Å². The third-order valence-corrected chi connectivity index (χ3v) is 4.49. The minimum atomic E-state index is 0.326. The van der Waals surface area contributed by atoms with Crippen molar-refractivity contribution in [1.82, 2.24) is 9.80 Å². The molecule has 2 heterocycles. The van der Waals surface area contributed by atoms with E-state index in [-0.39, 0.29) is 0 Å². The molecule has 0 saturated carbocycles. The lowest BCUT2D eigenvalue weighted by atomic mass is 9.90. The molecule has 2 fully saturated rings. The normalized spacial score (nSPS) is 35.5. The number of likely N-dealkylation sites (tertiary alicyclic amines) is 1. The van der Waals surface area contributed by atoms with Gasteiger partial charge in [-0.05, 0) is 38.8 Å². The number of nitrogens with two attached hydrogens (primary N) is 1. The lowest BCUT2D eigenvalue weighted by molar-refractivity contribution is -0.0505. The van der Waals surface area contributed by atoms with Crippen LogP contribution in [0, 0.1) is 5.41 Å². The van der Waals surface area contributed by atoms with Crippen molar-refractivity contribution < 1.29 is 4.74 Å². The van der Waals surface area contributed by atoms with Gasteiger partial charge >= 0.3 is 0 Å². The number of nitrogens with zero attached hydrogens (tertiary/aromatic N) is 2. The standard InChI is InChI=1S/C14H29N3O/c1-12(2)17-6-7-18-13(9-17)8-16-5-4-14(3,10-15)11-16/h12-13H,4-11,15H2,1-3H3. The van der Waals surface area contributed by atoms with Crippen LogP contribution in [0.2, 0.25) is 0 Å². The third-order valence-electron chi connectivity index (χ3n) is 4.49. The average molecular weight is 255 g/mol. The highest BCUT2D eigenvalue weighted by atomic mass is 16.5. The molecule has 2 aliphatic heterocycles. The van der Waals surface area contributed by atoms with E-state index >= 15 is 0 Å². The number of ether oxygens (including phenoxy) is 1. The van der Waals surface area contributed by atoms with E-state index in [0.717, 1.165) is 39.3 Å². The van der Waals surface area contributed by atoms with Gasteiger partial charge in [-0.15, -0.1) is 0 Å². The number of morpholine rings is 1. The molecule has 0 aromatic heterocycles. The van der Waals surface area contributed by atoms with Gasteiger partial charge in [0.25, 0.3) is 0 Å². The van der Waals surface area contributed by atoms with Gasteiger partial charge in [0.2, 0.25) is 0 Å². The van der Waals surface area contributed by atoms with Gasteiger partial charge in [0.05, 0.1) is 12.7 Å². The fourth-order valence-corrected chi connectivity index (χ4v) is 3.06. The Morgan fingerprint density at radius 1 is 1.39 bits per heavy atom. The van der Waals surface area contributed by atoms with E-state index < -0.39 is 0 Å². The Bertz CT molecular complexity index is 272. The van der Waals surface area contributed by atoms with Gasteiger partial charge in [0.1, 0.15) is 0 Å². The molecule has 18 heavy (non-hydrogen) atoms. The van der Waals surface area contributed by atoms with E-state index in [9.17, 15) is 0 Å². The molecule has 0 spiro atoms. The molecule has 106 valence electrons. The van der Waals surface area contributed by atoms with Gasteiger partial charge < -0.3 is 15.4 Å². The predicted molar refractivity (Wildman–Crippen MR) is 74.7 cm³/mol. The molecule has 2 atom stereocenters. The third kappa shape index (κ3) is 3.44. The van der Waals surface area contributed by atoms with E-state index in [4.69, 9.17) is 10.5 Å². The topological polar surface area (TPSA) is 41.7 Å². The van der Waals surface area contributed by atoms with Crippen molar-refractivity contribution in [3.63, 3.8) is 0 Å². The number of hydrogen-bond donors (Lipinski definition) is 1. The van der Waals surface area contributed by atoms with Crippen LogP contribution in [0.3, 0.4) is 0 Å². The summed E-state index contributed by atoms with van der Waals surface area (Å²) in [4.78, 5) is 5.05. The largest absolute Gasteiger partial charge is 0.374 e. The summed E-state index contributed by atoms with van der Waals surface area (Å²) in [5.41, 5.74) is 6.18. The Balaban J connectivity index is 1.80. The second-order valence-corrected chi connectivity index (χ2v) is 6.58. The monoisotopic (exact) mass is 255 g/mol. The van der Waals surface area contributed by atoms with Crippen molar-refractivity contribution in [2.24, 2.45) is 11.1 Å². The van der Waals surface area contributed by atoms with Gasteiger partial charge in [-0.3, -0.25) is 4.90 Å². The Hall–Kier alpha value is -0.160. The van der Waals surface area contributed by atoms with Crippen LogP contribution in [0.5, 0.6) is 0 Å². The summed E-state index contributed by atoms with van der Waals surface area (Å²) >= 11 is 0. The molecule has 0 aliphatic carbocycles. The highest BCUT2D eigenvalue weighted by molar-refractivity contribution is 4.89. The first-order chi connectivity index (χ1) is 8.52. The Kier molecular flexibility index (Phi) is 4.64. The summed E-state index contributed by atoms with van der Waals surface area (Å²) in [5, 5.41) is 0. The molecule has 0 aromatic carbocycles. The van der Waals surface area contributed by atoms with Crippen LogP contribution >= 0.6 is 0 Å². The van der Waals surface area contributed by atoms with Gasteiger partial charge in [-0.25, -0.2) is 0 Å². The SMILES string of the molecule is CC(C)N1CCOC(CN2CCC(C)(CN)C2)C1. The maximum Gasteiger partial charge on any atom is 0.0829 e. The molecule has 2 aliphatic rings. The first-order valence-electron chi connectivity index (χ1n) is 7.30. The molecule has 0 aromatic rings. The predicted octanol–water partition coefficient (Wildman–Crippen LogP) is 0.766. The molecule has 2 saturated heterocycles. The quantitative estimate of drug-likeness (QED) is 0.805. The molecule has 2 unspecified atom stereocenters. The van der Waals surface area contributed by atoms with E-state index in [2.05, 4.69) is 30.6 Å². The van der Waals surface area contributed by atoms with Gasteiger partial charge in [0.15, 0.2) is 0 Å². The summed E-state index contributed by atoms with van der Waals surface area (Å²) in [6.45, 7) is 14.0. The lowest BCUT2D eigenvalue weighted by Gasteiger charge is -2.37. The van der Waals surface area contributed by atoms with Crippen molar-refractivity contribution in [2.75, 3.05) is 45.9 Å². The van der Waals surface area contributed by atoms with Gasteiger partial charge in [-0.1, -0.05) is 6.92 Å². The van der Waals surface area contributed by atoms with Crippen LogP contribution in [0.4, 0.5) is 0 Å². The maximum absolute atomic E-state index is 5.91. The summed E-state index contributed by atoms with van der Waals surface area (Å²) in [6.07, 6.45) is 1.60. The van der Waals surface area contributed by atoms with Crippen molar-refractivity contribution in [3.8, 4) is 0 Å². The maximum atomic E-state index is 5.91. The molecular formula is C14H29N3O. The van der Waals surface area contributed by atoms with E-state index in [1.165, 1.54) is 13.0 Å². The smallest absolute Gasteiger partial charge is 0.0829 e. The fraction of sp³-hybridized carbons (Fsp3) is 1.00. The van der Waals surface area contributed by atoms with Crippen LogP contribution in [0.1, 0.15) is 27.2 Å². The second-order valence-electron chi connectivity index (χ2n) is 6.58. The van der Waals surface area contributed by atoms with Crippen molar-refractivity contribution in [2.45, 2.75) is 39.3 Å². The minimum absolute atomic E-state index is 0.326. The highest BCUT2D eigenvalue weighted by Crippen LogP contribution is 2.28. The van der Waals surface area contributed by atoms with Crippen LogP contribution in [0.25, 0.3) is 0 Å². The van der Waals surface area contributed by atoms with Crippen molar-refractivity contribution in [1.29, 1.82) is 0 Å². The summed E-state index contributed by atoms with van der Waals surface area (Å²) < 4.78 is 5.91. The first-order valence-corrected chi connectivity index (χ1v) is 7.30. The summed E-state index contributed by atoms with van der Waals surface area (Å²) in [5.74, 6) is 0. The van der Waals surface area contributed by atoms with Crippen LogP contribution < -0.4 is 5.73 Å². The molecule has 0 bridgehead atoms. The number of rotatable bonds is 4. The average Bonchev–Trinajstić information content (AvgIpc) is 2.72. The summed E-state index contributed by atoms with van der Waals surface area (Å²) in [7, 11) is 0. The van der Waals surface area contributed by atoms with Gasteiger partial charge in [0, 0.05) is 32.2 Å². The lowest BCUT2D eigenvalue weighted by Crippen LogP contribution is -2.49. The molecule has 0 radical (unpaired) electrons.